The molecule has 1 saturated carbocycles. The maximum Gasteiger partial charge on any atom is 0.263 e. The molecule has 2 aromatic carbocycles. The van der Waals surface area contributed by atoms with E-state index < -0.39 is 15.8 Å². The number of sulfonamides is 1. The van der Waals surface area contributed by atoms with Crippen LogP contribution in [0.5, 0.6) is 0 Å². The maximum absolute atomic E-state index is 15.4. The number of benzene rings is 2. The molecule has 1 aliphatic heterocycles. The zero-order valence-electron chi connectivity index (χ0n) is 23.1. The molecule has 42 heavy (non-hydrogen) atoms. The van der Waals surface area contributed by atoms with E-state index in [1.807, 2.05) is 10.7 Å². The third-order valence-electron chi connectivity index (χ3n) is 8.41. The van der Waals surface area contributed by atoms with Gasteiger partial charge in [0.25, 0.3) is 10.0 Å². The Morgan fingerprint density at radius 3 is 2.43 bits per heavy atom. The molecule has 222 valence electrons. The lowest BCUT2D eigenvalue weighted by Crippen LogP contribution is -2.49. The molecular formula is C29H32Cl2FN7O2S. The van der Waals surface area contributed by atoms with E-state index in [1.165, 1.54) is 30.3 Å². The van der Waals surface area contributed by atoms with Crippen LogP contribution in [0, 0.1) is 5.82 Å². The van der Waals surface area contributed by atoms with Gasteiger partial charge in [-0.25, -0.2) is 17.8 Å². The van der Waals surface area contributed by atoms with Crippen LogP contribution in [0.2, 0.25) is 10.0 Å². The first kappa shape index (κ1) is 29.1. The van der Waals surface area contributed by atoms with Crippen LogP contribution in [0.4, 0.5) is 15.9 Å². The zero-order chi connectivity index (χ0) is 29.6. The van der Waals surface area contributed by atoms with E-state index in [-0.39, 0.29) is 26.7 Å². The third-order valence-corrected chi connectivity index (χ3v) is 10.7. The number of pyridine rings is 1. The molecule has 2 fully saturated rings. The van der Waals surface area contributed by atoms with Gasteiger partial charge in [0.1, 0.15) is 22.2 Å². The lowest BCUT2D eigenvalue weighted by Gasteiger charge is -2.41. The van der Waals surface area contributed by atoms with Crippen molar-refractivity contribution in [2.24, 2.45) is 0 Å². The monoisotopic (exact) mass is 631 g/mol. The van der Waals surface area contributed by atoms with Crippen molar-refractivity contribution in [2.45, 2.75) is 42.7 Å². The summed E-state index contributed by atoms with van der Waals surface area (Å²) in [6.45, 7) is 4.41. The van der Waals surface area contributed by atoms with Crippen LogP contribution in [0.25, 0.3) is 22.2 Å². The molecule has 0 spiro atoms. The van der Waals surface area contributed by atoms with Gasteiger partial charge in [0, 0.05) is 44.0 Å². The fourth-order valence-corrected chi connectivity index (χ4v) is 7.91. The minimum Gasteiger partial charge on any atom is -0.383 e. The summed E-state index contributed by atoms with van der Waals surface area (Å²) in [5.41, 5.74) is 7.91. The van der Waals surface area contributed by atoms with Gasteiger partial charge < -0.3 is 10.6 Å². The Hall–Kier alpha value is -2.96. The molecule has 3 heterocycles. The van der Waals surface area contributed by atoms with Crippen LogP contribution in [0.1, 0.15) is 31.7 Å². The number of rotatable bonds is 6. The minimum atomic E-state index is -4.20. The summed E-state index contributed by atoms with van der Waals surface area (Å²) < 4.78 is 45.6. The molecule has 0 radical (unpaired) electrons. The van der Waals surface area contributed by atoms with Crippen LogP contribution in [0.3, 0.4) is 0 Å². The Morgan fingerprint density at radius 2 is 1.71 bits per heavy atom. The molecule has 13 heteroatoms. The van der Waals surface area contributed by atoms with Gasteiger partial charge in [0.15, 0.2) is 0 Å². The number of nitrogens with zero attached hydrogens (tertiary/aromatic N) is 5. The van der Waals surface area contributed by atoms with Crippen LogP contribution in [-0.2, 0) is 10.0 Å². The molecule has 1 aliphatic carbocycles. The van der Waals surface area contributed by atoms with Crippen molar-refractivity contribution in [2.75, 3.05) is 43.7 Å². The predicted molar refractivity (Wildman–Crippen MR) is 165 cm³/mol. The van der Waals surface area contributed by atoms with Crippen molar-refractivity contribution in [1.29, 1.82) is 0 Å². The van der Waals surface area contributed by atoms with Crippen molar-refractivity contribution in [1.82, 2.24) is 24.6 Å². The van der Waals surface area contributed by atoms with Crippen LogP contribution < -0.4 is 10.5 Å². The number of nitrogen functional groups attached to an aromatic ring is 1. The Bertz CT molecular complexity index is 1730. The van der Waals surface area contributed by atoms with Crippen LogP contribution in [-0.4, -0.2) is 72.3 Å². The molecule has 0 unspecified atom stereocenters. The number of fused-ring (bicyclic) bond motifs is 1. The van der Waals surface area contributed by atoms with E-state index in [0.29, 0.717) is 28.5 Å². The summed E-state index contributed by atoms with van der Waals surface area (Å²) >= 11 is 12.1. The van der Waals surface area contributed by atoms with E-state index in [0.717, 1.165) is 57.4 Å². The molecule has 2 aromatic heterocycles. The summed E-state index contributed by atoms with van der Waals surface area (Å²) in [5, 5.41) is 5.54. The second-order valence-electron chi connectivity index (χ2n) is 11.0. The average Bonchev–Trinajstić information content (AvgIpc) is 3.37. The summed E-state index contributed by atoms with van der Waals surface area (Å²) in [6, 6.07) is 11.1. The lowest BCUT2D eigenvalue weighted by atomic mass is 9.89. The van der Waals surface area contributed by atoms with E-state index in [4.69, 9.17) is 34.0 Å². The number of hydrogen-bond donors (Lipinski definition) is 2. The highest BCUT2D eigenvalue weighted by atomic mass is 35.5. The van der Waals surface area contributed by atoms with Gasteiger partial charge in [-0.15, -0.1) is 0 Å². The fraction of sp³-hybridized carbons (Fsp3) is 0.379. The topological polar surface area (TPSA) is 109 Å². The van der Waals surface area contributed by atoms with E-state index in [9.17, 15) is 8.42 Å². The van der Waals surface area contributed by atoms with E-state index in [1.54, 1.807) is 12.3 Å². The Balaban J connectivity index is 1.27. The smallest absolute Gasteiger partial charge is 0.263 e. The first-order valence-corrected chi connectivity index (χ1v) is 16.2. The highest BCUT2D eigenvalue weighted by molar-refractivity contribution is 7.92. The number of likely N-dealkylation sites (N-methyl/N-ethyl adjacent to an activating group) is 1. The van der Waals surface area contributed by atoms with Crippen molar-refractivity contribution in [3.8, 4) is 11.3 Å². The molecule has 9 nitrogen and oxygen atoms in total. The Labute approximate surface area is 254 Å². The molecule has 6 rings (SSSR count). The average molecular weight is 633 g/mol. The van der Waals surface area contributed by atoms with E-state index >= 15 is 4.39 Å². The van der Waals surface area contributed by atoms with Crippen LogP contribution >= 0.6 is 23.2 Å². The number of nitrogens with one attached hydrogen (secondary N) is 1. The van der Waals surface area contributed by atoms with Gasteiger partial charge in [0.2, 0.25) is 0 Å². The van der Waals surface area contributed by atoms with Crippen LogP contribution in [0.15, 0.2) is 53.6 Å². The van der Waals surface area contributed by atoms with Gasteiger partial charge in [0.05, 0.1) is 32.7 Å². The molecule has 0 atom stereocenters. The Kier molecular flexibility index (Phi) is 8.05. The van der Waals surface area contributed by atoms with E-state index in [2.05, 4.69) is 26.6 Å². The number of aromatic nitrogens is 3. The quantitative estimate of drug-likeness (QED) is 0.283. The SMILES string of the molecule is CN1CCN(C2CCC(n3nc(-c4ccc(NS(=O)(=O)c5cccc(Cl)c5Cl)c(F)c4)c4c(N)nccc43)CC2)CC1. The maximum atomic E-state index is 15.4. The van der Waals surface area contributed by atoms with Crippen molar-refractivity contribution >= 4 is 55.6 Å². The predicted octanol–water partition coefficient (Wildman–Crippen LogP) is 5.66. The number of hydrogen-bond acceptors (Lipinski definition) is 7. The number of anilines is 2. The molecule has 2 aliphatic rings. The summed E-state index contributed by atoms with van der Waals surface area (Å²) in [7, 11) is -2.03. The summed E-state index contributed by atoms with van der Waals surface area (Å²) in [5.74, 6) is -0.465. The highest BCUT2D eigenvalue weighted by Crippen LogP contribution is 2.39. The zero-order valence-corrected chi connectivity index (χ0v) is 25.4. The number of piperazine rings is 1. The second-order valence-corrected chi connectivity index (χ2v) is 13.5. The second kappa shape index (κ2) is 11.6. The highest BCUT2D eigenvalue weighted by Gasteiger charge is 2.30. The summed E-state index contributed by atoms with van der Waals surface area (Å²) in [6.07, 6.45) is 5.81. The van der Waals surface area contributed by atoms with Crippen molar-refractivity contribution < 1.29 is 12.8 Å². The fourth-order valence-electron chi connectivity index (χ4n) is 6.08. The van der Waals surface area contributed by atoms with Crippen molar-refractivity contribution in [3.05, 3.63) is 64.5 Å². The molecule has 1 saturated heterocycles. The van der Waals surface area contributed by atoms with Gasteiger partial charge >= 0.3 is 0 Å². The molecule has 4 aromatic rings. The van der Waals surface area contributed by atoms with Gasteiger partial charge in [-0.2, -0.15) is 5.10 Å². The largest absolute Gasteiger partial charge is 0.383 e. The third kappa shape index (κ3) is 5.56. The van der Waals surface area contributed by atoms with Gasteiger partial charge in [-0.3, -0.25) is 14.3 Å². The molecule has 3 N–H and O–H groups in total. The number of halogens is 3. The van der Waals surface area contributed by atoms with Crippen molar-refractivity contribution in [3.63, 3.8) is 0 Å². The Morgan fingerprint density at radius 1 is 1.00 bits per heavy atom. The summed E-state index contributed by atoms with van der Waals surface area (Å²) in [4.78, 5) is 9.02. The van der Waals surface area contributed by atoms with Gasteiger partial charge in [-0.05, 0) is 63.1 Å². The molecular weight excluding hydrogens is 600 g/mol. The van der Waals surface area contributed by atoms with Gasteiger partial charge in [-0.1, -0.05) is 35.3 Å². The lowest BCUT2D eigenvalue weighted by molar-refractivity contribution is 0.0816. The first-order valence-electron chi connectivity index (χ1n) is 13.9. The normalized spacial score (nSPS) is 20.7. The number of nitrogens with two attached hydrogens (primary N) is 1. The molecule has 0 amide bonds. The standard InChI is InChI=1S/C29H32Cl2FN7O2S/c1-37-13-15-38(16-14-37)19-6-8-20(9-7-19)39-24-11-12-34-29(33)26(24)28(35-39)18-5-10-23(22(32)17-18)36-42(40,41)25-4-2-3-21(30)27(25)31/h2-5,10-12,17,19-20,36H,6-9,13-16H2,1H3,(H2,33,34). The first-order chi connectivity index (χ1) is 20.1. The molecule has 0 bridgehead atoms. The minimum absolute atomic E-state index is 0.0804.